The van der Waals surface area contributed by atoms with E-state index in [0.29, 0.717) is 29.5 Å². The number of nitrogens with two attached hydrogens (primary N) is 1. The summed E-state index contributed by atoms with van der Waals surface area (Å²) in [5.41, 5.74) is 7.05. The summed E-state index contributed by atoms with van der Waals surface area (Å²) in [6, 6.07) is 2.19. The quantitative estimate of drug-likeness (QED) is 0.449. The molecule has 0 bridgehead atoms. The Labute approximate surface area is 190 Å². The van der Waals surface area contributed by atoms with Crippen LogP contribution in [0.3, 0.4) is 0 Å². The minimum absolute atomic E-state index is 0.0366. The van der Waals surface area contributed by atoms with Crippen LogP contribution in [0.2, 0.25) is 0 Å². The van der Waals surface area contributed by atoms with E-state index < -0.39 is 5.91 Å². The molecule has 1 heterocycles. The van der Waals surface area contributed by atoms with Gasteiger partial charge in [0, 0.05) is 24.9 Å². The molecule has 7 nitrogen and oxygen atoms in total. The molecule has 31 heavy (non-hydrogen) atoms. The Hall–Kier alpha value is -1.99. The van der Waals surface area contributed by atoms with Crippen LogP contribution >= 0.6 is 11.6 Å². The molecule has 1 aromatic rings. The Bertz CT molecular complexity index is 827. The van der Waals surface area contributed by atoms with E-state index in [4.69, 9.17) is 21.9 Å². The van der Waals surface area contributed by atoms with Crippen molar-refractivity contribution in [2.24, 2.45) is 27.1 Å². The summed E-state index contributed by atoms with van der Waals surface area (Å²) in [5, 5.41) is 7.57. The molecule has 1 aromatic heterocycles. The second kappa shape index (κ2) is 11.6. The Morgan fingerprint density at radius 3 is 2.58 bits per heavy atom. The van der Waals surface area contributed by atoms with Gasteiger partial charge < -0.3 is 15.6 Å². The second-order valence-corrected chi connectivity index (χ2v) is 9.69. The molecule has 0 atom stereocenters. The Kier molecular flexibility index (Phi) is 9.44. The lowest BCUT2D eigenvalue weighted by Crippen LogP contribution is -2.35. The highest BCUT2D eigenvalue weighted by atomic mass is 35.5. The van der Waals surface area contributed by atoms with Crippen LogP contribution in [0.15, 0.2) is 26.1 Å². The SMILES string of the molecule is CCN=C(Cl)C(C(=O)N=CC1CCC(NCCC(C)(C)C)CC1)=C(N)c1cc(C)on1. The van der Waals surface area contributed by atoms with E-state index in [1.165, 1.54) is 0 Å². The minimum Gasteiger partial charge on any atom is -0.396 e. The molecule has 0 aromatic carbocycles. The van der Waals surface area contributed by atoms with Crippen molar-refractivity contribution in [3.8, 4) is 0 Å². The molecule has 1 amide bonds. The van der Waals surface area contributed by atoms with Gasteiger partial charge in [-0.15, -0.1) is 0 Å². The van der Waals surface area contributed by atoms with Crippen molar-refractivity contribution < 1.29 is 9.32 Å². The number of nitrogens with one attached hydrogen (secondary N) is 1. The van der Waals surface area contributed by atoms with Crippen molar-refractivity contribution in [1.82, 2.24) is 10.5 Å². The lowest BCUT2D eigenvalue weighted by Gasteiger charge is -2.28. The molecule has 0 saturated heterocycles. The highest BCUT2D eigenvalue weighted by Crippen LogP contribution is 2.25. The van der Waals surface area contributed by atoms with Crippen LogP contribution in [0.4, 0.5) is 0 Å². The van der Waals surface area contributed by atoms with Crippen molar-refractivity contribution in [2.45, 2.75) is 72.8 Å². The maximum Gasteiger partial charge on any atom is 0.281 e. The molecule has 0 spiro atoms. The number of carbonyl (C=O) groups excluding carboxylic acids is 1. The predicted octanol–water partition coefficient (Wildman–Crippen LogP) is 4.49. The van der Waals surface area contributed by atoms with E-state index >= 15 is 0 Å². The van der Waals surface area contributed by atoms with Gasteiger partial charge >= 0.3 is 0 Å². The van der Waals surface area contributed by atoms with Gasteiger partial charge in [-0.2, -0.15) is 0 Å². The first-order chi connectivity index (χ1) is 14.6. The van der Waals surface area contributed by atoms with Gasteiger partial charge in [0.05, 0.1) is 5.70 Å². The number of halogens is 1. The Morgan fingerprint density at radius 1 is 1.35 bits per heavy atom. The summed E-state index contributed by atoms with van der Waals surface area (Å²) in [6.07, 6.45) is 7.05. The van der Waals surface area contributed by atoms with Gasteiger partial charge in [-0.25, -0.2) is 4.99 Å². The highest BCUT2D eigenvalue weighted by molar-refractivity contribution is 6.73. The number of aryl methyl sites for hydroxylation is 1. The second-order valence-electron chi connectivity index (χ2n) is 9.34. The van der Waals surface area contributed by atoms with Crippen LogP contribution in [0.5, 0.6) is 0 Å². The molecule has 1 aliphatic carbocycles. The first-order valence-corrected chi connectivity index (χ1v) is 11.4. The fourth-order valence-electron chi connectivity index (χ4n) is 3.52. The van der Waals surface area contributed by atoms with Gasteiger partial charge in [0.1, 0.15) is 22.2 Å². The van der Waals surface area contributed by atoms with E-state index in [0.717, 1.165) is 38.6 Å². The number of amides is 1. The fraction of sp³-hybridized carbons (Fsp3) is 0.652. The largest absolute Gasteiger partial charge is 0.396 e. The first-order valence-electron chi connectivity index (χ1n) is 11.1. The third-order valence-corrected chi connectivity index (χ3v) is 5.68. The van der Waals surface area contributed by atoms with Gasteiger partial charge in [0.2, 0.25) is 0 Å². The van der Waals surface area contributed by atoms with E-state index in [-0.39, 0.29) is 22.4 Å². The number of aromatic nitrogens is 1. The number of carbonyl (C=O) groups is 1. The number of nitrogens with zero attached hydrogens (tertiary/aromatic N) is 3. The van der Waals surface area contributed by atoms with Crippen molar-refractivity contribution >= 4 is 34.6 Å². The number of rotatable bonds is 8. The molecular weight excluding hydrogens is 414 g/mol. The monoisotopic (exact) mass is 449 g/mol. The van der Waals surface area contributed by atoms with Crippen molar-refractivity contribution in [2.75, 3.05) is 13.1 Å². The number of aliphatic imine (C=N–C) groups is 2. The summed E-state index contributed by atoms with van der Waals surface area (Å²) in [7, 11) is 0. The van der Waals surface area contributed by atoms with Crippen LogP contribution < -0.4 is 11.1 Å². The van der Waals surface area contributed by atoms with Crippen LogP contribution in [0, 0.1) is 18.3 Å². The van der Waals surface area contributed by atoms with Crippen molar-refractivity contribution in [3.05, 3.63) is 23.1 Å². The van der Waals surface area contributed by atoms with Gasteiger partial charge in [-0.05, 0) is 63.8 Å². The summed E-state index contributed by atoms with van der Waals surface area (Å²) in [4.78, 5) is 21.2. The number of hydrogen-bond donors (Lipinski definition) is 2. The maximum absolute atomic E-state index is 12.9. The van der Waals surface area contributed by atoms with Crippen molar-refractivity contribution in [3.63, 3.8) is 0 Å². The zero-order chi connectivity index (χ0) is 23.0. The van der Waals surface area contributed by atoms with Crippen LogP contribution in [-0.4, -0.2) is 41.6 Å². The van der Waals surface area contributed by atoms with Crippen LogP contribution in [0.1, 0.15) is 71.3 Å². The number of hydrogen-bond acceptors (Lipinski definition) is 6. The maximum atomic E-state index is 12.9. The average Bonchev–Trinajstić information content (AvgIpc) is 3.13. The average molecular weight is 450 g/mol. The summed E-state index contributed by atoms with van der Waals surface area (Å²) in [6.45, 7) is 11.8. The standard InChI is InChI=1S/C23H36ClN5O2/c1-6-26-21(24)19(20(25)18-13-15(2)31-29-18)22(30)28-14-16-7-9-17(10-8-16)27-12-11-23(3,4)5/h13-14,16-17,27H,6-12,25H2,1-5H3. The smallest absolute Gasteiger partial charge is 0.281 e. The first kappa shape index (κ1) is 25.3. The fourth-order valence-corrected chi connectivity index (χ4v) is 3.82. The highest BCUT2D eigenvalue weighted by Gasteiger charge is 2.23. The zero-order valence-corrected chi connectivity index (χ0v) is 20.1. The molecule has 172 valence electrons. The van der Waals surface area contributed by atoms with E-state index in [1.54, 1.807) is 19.2 Å². The predicted molar refractivity (Wildman–Crippen MR) is 127 cm³/mol. The molecular formula is C23H36ClN5O2. The summed E-state index contributed by atoms with van der Waals surface area (Å²) < 4.78 is 5.06. The minimum atomic E-state index is -0.509. The molecule has 0 radical (unpaired) electrons. The molecule has 3 N–H and O–H groups in total. The molecule has 0 unspecified atom stereocenters. The molecule has 1 saturated carbocycles. The van der Waals surface area contributed by atoms with E-state index in [1.807, 2.05) is 6.92 Å². The van der Waals surface area contributed by atoms with E-state index in [9.17, 15) is 4.79 Å². The van der Waals surface area contributed by atoms with Crippen molar-refractivity contribution in [1.29, 1.82) is 0 Å². The van der Waals surface area contributed by atoms with Crippen LogP contribution in [0.25, 0.3) is 5.70 Å². The Morgan fingerprint density at radius 2 is 2.03 bits per heavy atom. The third kappa shape index (κ3) is 8.22. The van der Waals surface area contributed by atoms with Gasteiger partial charge in [-0.1, -0.05) is 37.5 Å². The molecule has 2 rings (SSSR count). The third-order valence-electron chi connectivity index (χ3n) is 5.37. The normalized spacial score (nSPS) is 21.4. The molecule has 1 fully saturated rings. The van der Waals surface area contributed by atoms with Gasteiger partial charge in [-0.3, -0.25) is 9.79 Å². The lowest BCUT2D eigenvalue weighted by molar-refractivity contribution is -0.113. The van der Waals surface area contributed by atoms with Gasteiger partial charge in [0.25, 0.3) is 5.91 Å². The van der Waals surface area contributed by atoms with E-state index in [2.05, 4.69) is 41.2 Å². The summed E-state index contributed by atoms with van der Waals surface area (Å²) >= 11 is 6.27. The van der Waals surface area contributed by atoms with Gasteiger partial charge in [0.15, 0.2) is 0 Å². The zero-order valence-electron chi connectivity index (χ0n) is 19.4. The summed E-state index contributed by atoms with van der Waals surface area (Å²) in [5.74, 6) is 0.346. The lowest BCUT2D eigenvalue weighted by atomic mass is 9.86. The molecule has 8 heteroatoms. The molecule has 0 aliphatic heterocycles. The topological polar surface area (TPSA) is 106 Å². The Balaban J connectivity index is 2.00. The molecule has 1 aliphatic rings. The van der Waals surface area contributed by atoms with Crippen LogP contribution in [-0.2, 0) is 4.79 Å².